The first kappa shape index (κ1) is 25.5. The van der Waals surface area contributed by atoms with Gasteiger partial charge in [0.1, 0.15) is 11.9 Å². The summed E-state index contributed by atoms with van der Waals surface area (Å²) in [4.78, 5) is 4.47. The van der Waals surface area contributed by atoms with Gasteiger partial charge in [-0.15, -0.1) is 24.0 Å². The van der Waals surface area contributed by atoms with E-state index in [1.807, 2.05) is 43.3 Å². The lowest BCUT2D eigenvalue weighted by atomic mass is 10.1. The zero-order chi connectivity index (χ0) is 20.2. The molecule has 0 aliphatic rings. The first-order valence-electron chi connectivity index (χ1n) is 9.33. The maximum Gasteiger partial charge on any atom is 0.195 e. The minimum atomic E-state index is -0.778. The summed E-state index contributed by atoms with van der Waals surface area (Å²) >= 11 is 6.14. The van der Waals surface area contributed by atoms with Crippen LogP contribution in [0, 0.1) is 0 Å². The third kappa shape index (κ3) is 9.20. The maximum atomic E-state index is 10.4. The molecule has 0 heterocycles. The molecule has 8 heteroatoms. The smallest absolute Gasteiger partial charge is 0.195 e. The summed E-state index contributed by atoms with van der Waals surface area (Å²) in [5.74, 6) is 1.35. The van der Waals surface area contributed by atoms with E-state index in [1.165, 1.54) is 0 Å². The van der Waals surface area contributed by atoms with Crippen molar-refractivity contribution < 1.29 is 14.6 Å². The molecule has 0 spiro atoms. The quantitative estimate of drug-likeness (QED) is 0.182. The molecule has 0 bridgehead atoms. The van der Waals surface area contributed by atoms with E-state index in [1.54, 1.807) is 19.2 Å². The molecule has 0 radical (unpaired) electrons. The Morgan fingerprint density at radius 3 is 2.69 bits per heavy atom. The highest BCUT2D eigenvalue weighted by Crippen LogP contribution is 2.23. The molecule has 3 N–H and O–H groups in total. The molecular formula is C21H29ClIN3O3. The Morgan fingerprint density at radius 1 is 1.17 bits per heavy atom. The van der Waals surface area contributed by atoms with Gasteiger partial charge in [0, 0.05) is 49.0 Å². The van der Waals surface area contributed by atoms with Gasteiger partial charge in [-0.05, 0) is 25.1 Å². The molecule has 0 saturated carbocycles. The molecule has 1 unspecified atom stereocenters. The molecule has 0 saturated heterocycles. The summed E-state index contributed by atoms with van der Waals surface area (Å²) in [7, 11) is 1.68. The van der Waals surface area contributed by atoms with Crippen LogP contribution in [0.3, 0.4) is 0 Å². The molecule has 0 fully saturated rings. The van der Waals surface area contributed by atoms with Crippen LogP contribution in [0.25, 0.3) is 0 Å². The van der Waals surface area contributed by atoms with Gasteiger partial charge in [-0.2, -0.15) is 0 Å². The van der Waals surface area contributed by atoms with Gasteiger partial charge in [-0.25, -0.2) is 4.99 Å². The number of hydrogen-bond acceptors (Lipinski definition) is 4. The maximum absolute atomic E-state index is 10.4. The molecule has 0 aliphatic heterocycles. The van der Waals surface area contributed by atoms with Crippen LogP contribution in [0.4, 0.5) is 5.69 Å². The van der Waals surface area contributed by atoms with Crippen molar-refractivity contribution in [3.63, 3.8) is 0 Å². The molecule has 2 rings (SSSR count). The fourth-order valence-corrected chi connectivity index (χ4v) is 2.78. The highest BCUT2D eigenvalue weighted by molar-refractivity contribution is 14.0. The predicted molar refractivity (Wildman–Crippen MR) is 130 cm³/mol. The summed E-state index contributed by atoms with van der Waals surface area (Å²) in [6, 6.07) is 14.9. The Morgan fingerprint density at radius 2 is 1.97 bits per heavy atom. The molecule has 0 aliphatic carbocycles. The lowest BCUT2D eigenvalue weighted by Gasteiger charge is -2.15. The molecule has 0 aromatic heterocycles. The Balaban J connectivity index is 0.00000420. The summed E-state index contributed by atoms with van der Waals surface area (Å²) in [6.45, 7) is 4.13. The number of methoxy groups -OCH3 is 1. The first-order valence-corrected chi connectivity index (χ1v) is 9.71. The van der Waals surface area contributed by atoms with E-state index >= 15 is 0 Å². The lowest BCUT2D eigenvalue weighted by molar-refractivity contribution is 0.172. The molecule has 0 amide bonds. The van der Waals surface area contributed by atoms with E-state index < -0.39 is 6.10 Å². The van der Waals surface area contributed by atoms with Crippen molar-refractivity contribution in [1.29, 1.82) is 0 Å². The van der Waals surface area contributed by atoms with Crippen LogP contribution in [0.15, 0.2) is 53.5 Å². The van der Waals surface area contributed by atoms with Gasteiger partial charge >= 0.3 is 0 Å². The van der Waals surface area contributed by atoms with Gasteiger partial charge in [-0.1, -0.05) is 35.9 Å². The predicted octanol–water partition coefficient (Wildman–Crippen LogP) is 4.48. The van der Waals surface area contributed by atoms with Gasteiger partial charge < -0.3 is 25.2 Å². The van der Waals surface area contributed by atoms with Crippen LogP contribution >= 0.6 is 35.6 Å². The van der Waals surface area contributed by atoms with Crippen LogP contribution in [-0.2, 0) is 4.74 Å². The van der Waals surface area contributed by atoms with Crippen molar-refractivity contribution in [2.75, 3.05) is 38.7 Å². The topological polar surface area (TPSA) is 75.1 Å². The second-order valence-corrected chi connectivity index (χ2v) is 6.51. The third-order valence-electron chi connectivity index (χ3n) is 3.89. The van der Waals surface area contributed by atoms with Crippen molar-refractivity contribution >= 4 is 47.2 Å². The van der Waals surface area contributed by atoms with Gasteiger partial charge in [-0.3, -0.25) is 0 Å². The van der Waals surface area contributed by atoms with E-state index in [-0.39, 0.29) is 30.5 Å². The number of ether oxygens (including phenoxy) is 2. The van der Waals surface area contributed by atoms with Crippen molar-refractivity contribution in [3.05, 3.63) is 59.1 Å². The van der Waals surface area contributed by atoms with E-state index in [2.05, 4.69) is 15.6 Å². The second-order valence-electron chi connectivity index (χ2n) is 6.10. The number of aliphatic hydroxyl groups is 1. The number of aliphatic imine (C=N–C) groups is 1. The first-order chi connectivity index (χ1) is 13.6. The molecule has 160 valence electrons. The minimum Gasteiger partial charge on any atom is -0.493 e. The molecule has 1 atom stereocenters. The number of halogens is 2. The zero-order valence-electron chi connectivity index (χ0n) is 16.7. The van der Waals surface area contributed by atoms with Crippen molar-refractivity contribution in [1.82, 2.24) is 5.32 Å². The van der Waals surface area contributed by atoms with Crippen LogP contribution in [-0.4, -0.2) is 44.5 Å². The summed E-state index contributed by atoms with van der Waals surface area (Å²) < 4.78 is 10.7. The number of guanidine groups is 1. The Bertz CT molecular complexity index is 761. The Kier molecular flexibility index (Phi) is 12.7. The molecule has 2 aromatic rings. The van der Waals surface area contributed by atoms with Crippen molar-refractivity contribution in [2.24, 2.45) is 4.99 Å². The number of anilines is 1. The highest BCUT2D eigenvalue weighted by Gasteiger charge is 2.11. The zero-order valence-corrected chi connectivity index (χ0v) is 19.8. The molecule has 29 heavy (non-hydrogen) atoms. The van der Waals surface area contributed by atoms with Gasteiger partial charge in [0.25, 0.3) is 0 Å². The SMILES string of the molecule is CCNC(=NCC(O)c1ccccc1Cl)Nc1cccc(OCCCOC)c1.I. The van der Waals surface area contributed by atoms with E-state index in [0.29, 0.717) is 36.3 Å². The largest absolute Gasteiger partial charge is 0.493 e. The molecule has 6 nitrogen and oxygen atoms in total. The standard InChI is InChI=1S/C21H28ClN3O3.HI/c1-3-23-21(24-15-20(26)18-10-4-5-11-19(18)22)25-16-8-6-9-17(14-16)28-13-7-12-27-2;/h4-6,8-11,14,20,26H,3,7,12-13,15H2,1-2H3,(H2,23,24,25);1H. The number of benzene rings is 2. The Hall–Kier alpha value is -1.55. The number of rotatable bonds is 10. The number of nitrogens with zero attached hydrogens (tertiary/aromatic N) is 1. The molecular weight excluding hydrogens is 505 g/mol. The summed E-state index contributed by atoms with van der Waals surface area (Å²) in [6.07, 6.45) is 0.0534. The monoisotopic (exact) mass is 533 g/mol. The number of aliphatic hydroxyl groups excluding tert-OH is 1. The van der Waals surface area contributed by atoms with E-state index in [0.717, 1.165) is 17.9 Å². The van der Waals surface area contributed by atoms with E-state index in [9.17, 15) is 5.11 Å². The Labute approximate surface area is 194 Å². The normalized spacial score (nSPS) is 12.1. The van der Waals surface area contributed by atoms with Crippen LogP contribution < -0.4 is 15.4 Å². The molecule has 2 aromatic carbocycles. The highest BCUT2D eigenvalue weighted by atomic mass is 127. The summed E-state index contributed by atoms with van der Waals surface area (Å²) in [5.41, 5.74) is 1.51. The van der Waals surface area contributed by atoms with Gasteiger partial charge in [0.15, 0.2) is 5.96 Å². The number of hydrogen-bond donors (Lipinski definition) is 3. The third-order valence-corrected chi connectivity index (χ3v) is 4.23. The van der Waals surface area contributed by atoms with Gasteiger partial charge in [0.05, 0.1) is 13.2 Å². The van der Waals surface area contributed by atoms with Crippen LogP contribution in [0.2, 0.25) is 5.02 Å². The fourth-order valence-electron chi connectivity index (χ4n) is 2.52. The van der Waals surface area contributed by atoms with Crippen molar-refractivity contribution in [3.8, 4) is 5.75 Å². The van der Waals surface area contributed by atoms with Crippen LogP contribution in [0.1, 0.15) is 25.0 Å². The minimum absolute atomic E-state index is 0. The van der Waals surface area contributed by atoms with Gasteiger partial charge in [0.2, 0.25) is 0 Å². The van der Waals surface area contributed by atoms with E-state index in [4.69, 9.17) is 21.1 Å². The second kappa shape index (κ2) is 14.4. The summed E-state index contributed by atoms with van der Waals surface area (Å²) in [5, 5.41) is 17.3. The van der Waals surface area contributed by atoms with Crippen LogP contribution in [0.5, 0.6) is 5.75 Å². The average Bonchev–Trinajstić information content (AvgIpc) is 2.70. The average molecular weight is 534 g/mol. The fraction of sp³-hybridized carbons (Fsp3) is 0.381. The lowest BCUT2D eigenvalue weighted by Crippen LogP contribution is -2.31. The number of nitrogens with one attached hydrogen (secondary N) is 2. The van der Waals surface area contributed by atoms with Crippen molar-refractivity contribution in [2.45, 2.75) is 19.4 Å².